The number of hydrogen-bond acceptors (Lipinski definition) is 11. The zero-order chi connectivity index (χ0) is 34.9. The van der Waals surface area contributed by atoms with Crippen molar-refractivity contribution in [2.75, 3.05) is 48.5 Å². The Morgan fingerprint density at radius 3 is 2.55 bits per heavy atom. The molecule has 1 unspecified atom stereocenters. The third-order valence-electron chi connectivity index (χ3n) is 9.58. The molecular weight excluding hydrogens is 658 g/mol. The first-order chi connectivity index (χ1) is 23.4. The van der Waals surface area contributed by atoms with Crippen molar-refractivity contribution in [2.45, 2.75) is 70.4 Å². The third kappa shape index (κ3) is 7.45. The monoisotopic (exact) mass is 699 g/mol. The van der Waals surface area contributed by atoms with Gasteiger partial charge in [-0.1, -0.05) is 44.5 Å². The predicted molar refractivity (Wildman–Crippen MR) is 192 cm³/mol. The molecule has 4 aromatic rings. The molecule has 14 heteroatoms. The maximum Gasteiger partial charge on any atom is 0.247 e. The summed E-state index contributed by atoms with van der Waals surface area (Å²) in [6.07, 6.45) is 3.39. The molecule has 2 aromatic carbocycles. The molecule has 2 fully saturated rings. The average Bonchev–Trinajstić information content (AvgIpc) is 3.85. The lowest BCUT2D eigenvalue weighted by Crippen LogP contribution is -2.48. The van der Waals surface area contributed by atoms with Gasteiger partial charge < -0.3 is 29.0 Å². The Labute approximate surface area is 293 Å². The van der Waals surface area contributed by atoms with Crippen LogP contribution in [0.25, 0.3) is 5.65 Å². The maximum absolute atomic E-state index is 10.0. The third-order valence-corrected chi connectivity index (χ3v) is 14.5. The van der Waals surface area contributed by atoms with Crippen LogP contribution in [0.3, 0.4) is 0 Å². The summed E-state index contributed by atoms with van der Waals surface area (Å²) in [6, 6.07) is 16.1. The molecule has 0 radical (unpaired) electrons. The highest BCUT2D eigenvalue weighted by Crippen LogP contribution is 2.39. The fourth-order valence-electron chi connectivity index (χ4n) is 5.55. The molecule has 49 heavy (non-hydrogen) atoms. The van der Waals surface area contributed by atoms with Crippen molar-refractivity contribution in [2.24, 2.45) is 0 Å². The number of nitrogens with one attached hydrogen (secondary N) is 1. The summed E-state index contributed by atoms with van der Waals surface area (Å²) >= 11 is 7.10. The normalized spacial score (nSPS) is 16.7. The van der Waals surface area contributed by atoms with Crippen molar-refractivity contribution < 1.29 is 13.9 Å². The summed E-state index contributed by atoms with van der Waals surface area (Å²) in [5, 5.41) is 28.3. The number of morpholine rings is 1. The van der Waals surface area contributed by atoms with Gasteiger partial charge in [0.15, 0.2) is 25.5 Å². The van der Waals surface area contributed by atoms with Gasteiger partial charge in [0.1, 0.15) is 11.8 Å². The molecule has 2 aromatic heterocycles. The smallest absolute Gasteiger partial charge is 0.247 e. The second-order valence-electron chi connectivity index (χ2n) is 14.1. The van der Waals surface area contributed by atoms with Crippen LogP contribution in [0, 0.1) is 22.7 Å². The van der Waals surface area contributed by atoms with Gasteiger partial charge >= 0.3 is 0 Å². The number of nitrogens with zero attached hydrogens (tertiary/aromatic N) is 8. The van der Waals surface area contributed by atoms with Crippen molar-refractivity contribution in [3.63, 3.8) is 0 Å². The number of nitriles is 2. The lowest BCUT2D eigenvalue weighted by atomic mass is 10.1. The minimum Gasteiger partial charge on any atom is -0.497 e. The molecule has 1 saturated heterocycles. The topological polar surface area (TPSA) is 137 Å². The minimum atomic E-state index is -1.96. The first kappa shape index (κ1) is 34.5. The highest BCUT2D eigenvalue weighted by Gasteiger charge is 2.38. The maximum atomic E-state index is 10.0. The van der Waals surface area contributed by atoms with Gasteiger partial charge in [-0.15, -0.1) is 5.10 Å². The quantitative estimate of drug-likeness (QED) is 0.168. The molecule has 1 N–H and O–H groups in total. The molecule has 0 amide bonds. The second kappa shape index (κ2) is 13.8. The van der Waals surface area contributed by atoms with E-state index < -0.39 is 8.32 Å². The van der Waals surface area contributed by atoms with E-state index in [1.54, 1.807) is 19.2 Å². The summed E-state index contributed by atoms with van der Waals surface area (Å²) in [5.74, 6) is 1.61. The minimum absolute atomic E-state index is 0.0907. The van der Waals surface area contributed by atoms with E-state index in [9.17, 15) is 10.5 Å². The van der Waals surface area contributed by atoms with Gasteiger partial charge in [0, 0.05) is 25.7 Å². The van der Waals surface area contributed by atoms with Crippen LogP contribution in [-0.2, 0) is 15.7 Å². The van der Waals surface area contributed by atoms with Gasteiger partial charge in [0.2, 0.25) is 5.95 Å². The van der Waals surface area contributed by atoms with Crippen LogP contribution in [0.1, 0.15) is 50.4 Å². The van der Waals surface area contributed by atoms with Crippen molar-refractivity contribution in [3.05, 3.63) is 64.4 Å². The largest absolute Gasteiger partial charge is 0.497 e. The van der Waals surface area contributed by atoms with Crippen LogP contribution in [0.4, 0.5) is 23.1 Å². The fourth-order valence-corrected chi connectivity index (χ4v) is 6.86. The fraction of sp³-hybridized carbons (Fsp3) is 0.457. The number of fused-ring (bicyclic) bond motifs is 1. The van der Waals surface area contributed by atoms with E-state index in [1.807, 2.05) is 24.3 Å². The molecule has 256 valence electrons. The Balaban J connectivity index is 1.31. The summed E-state index contributed by atoms with van der Waals surface area (Å²) in [7, 11) is -0.312. The number of methoxy groups -OCH3 is 1. The van der Waals surface area contributed by atoms with Crippen LogP contribution >= 0.6 is 11.6 Å². The van der Waals surface area contributed by atoms with E-state index >= 15 is 0 Å². The van der Waals surface area contributed by atoms with Crippen molar-refractivity contribution >= 4 is 48.7 Å². The molecule has 3 heterocycles. The molecule has 0 bridgehead atoms. The van der Waals surface area contributed by atoms with E-state index in [2.05, 4.69) is 71.2 Å². The van der Waals surface area contributed by atoms with Gasteiger partial charge in [0.05, 0.1) is 60.7 Å². The van der Waals surface area contributed by atoms with Gasteiger partial charge in [-0.25, -0.2) is 4.98 Å². The Bertz CT molecular complexity index is 1910. The summed E-state index contributed by atoms with van der Waals surface area (Å²) in [4.78, 5) is 13.8. The molecule has 2 aliphatic rings. The van der Waals surface area contributed by atoms with E-state index in [0.717, 1.165) is 24.2 Å². The lowest BCUT2D eigenvalue weighted by molar-refractivity contribution is 0.00688. The summed E-state index contributed by atoms with van der Waals surface area (Å²) < 4.78 is 19.4. The Hall–Kier alpha value is -4.40. The second-order valence-corrected chi connectivity index (χ2v) is 19.2. The number of halogens is 1. The molecule has 12 nitrogen and oxygen atoms in total. The first-order valence-electron chi connectivity index (χ1n) is 16.5. The van der Waals surface area contributed by atoms with Crippen molar-refractivity contribution in [3.8, 4) is 17.9 Å². The summed E-state index contributed by atoms with van der Waals surface area (Å²) in [5.41, 5.74) is 3.47. The van der Waals surface area contributed by atoms with Gasteiger partial charge in [-0.05, 0) is 60.8 Å². The van der Waals surface area contributed by atoms with E-state index in [0.29, 0.717) is 66.3 Å². The number of aromatic nitrogens is 4. The van der Waals surface area contributed by atoms with Crippen LogP contribution in [0.2, 0.25) is 23.2 Å². The molecule has 1 atom stereocenters. The van der Waals surface area contributed by atoms with E-state index in [4.69, 9.17) is 30.5 Å². The molecule has 1 saturated carbocycles. The number of imidazole rings is 1. The Morgan fingerprint density at radius 2 is 1.90 bits per heavy atom. The standard InChI is InChI=1S/C35H42ClN9O3Si/c1-35(2,3)49(5,6)48-22-28-21-43(13-14-47-28)30-16-24(17-37)15-29(31(30)36)40-34-41-33(32-39-19-26(18-38)45(32)42-34)44(25-9-10-25)20-23-7-11-27(46-4)12-8-23/h7-8,11-12,15-16,19,25,28H,9-10,13-14,20-22H2,1-6H3,(H,40,42). The molecular formula is C35H42ClN9O3Si. The lowest BCUT2D eigenvalue weighted by Gasteiger charge is -2.40. The highest BCUT2D eigenvalue weighted by atomic mass is 35.5. The van der Waals surface area contributed by atoms with Gasteiger partial charge in [0.25, 0.3) is 0 Å². The van der Waals surface area contributed by atoms with Crippen LogP contribution in [0.15, 0.2) is 42.6 Å². The predicted octanol–water partition coefficient (Wildman–Crippen LogP) is 6.67. The van der Waals surface area contributed by atoms with E-state index in [1.165, 1.54) is 10.7 Å². The number of ether oxygens (including phenoxy) is 2. The Kier molecular flexibility index (Phi) is 9.73. The Morgan fingerprint density at radius 1 is 1.14 bits per heavy atom. The SMILES string of the molecule is COc1ccc(CN(c2nc(Nc3cc(C#N)cc(N4CCOC(CO[Si](C)(C)C(C)(C)C)C4)c3Cl)nn3c(C#N)cnc23)C2CC2)cc1. The average molecular weight is 700 g/mol. The molecule has 1 aliphatic heterocycles. The number of benzene rings is 2. The molecule has 0 spiro atoms. The first-order valence-corrected chi connectivity index (χ1v) is 19.8. The molecule has 1 aliphatic carbocycles. The highest BCUT2D eigenvalue weighted by molar-refractivity contribution is 6.74. The van der Waals surface area contributed by atoms with Gasteiger partial charge in [-0.2, -0.15) is 20.0 Å². The van der Waals surface area contributed by atoms with E-state index in [-0.39, 0.29) is 28.8 Å². The van der Waals surface area contributed by atoms with Crippen LogP contribution in [0.5, 0.6) is 5.75 Å². The number of anilines is 4. The number of rotatable bonds is 11. The summed E-state index contributed by atoms with van der Waals surface area (Å²) in [6.45, 7) is 13.9. The zero-order valence-corrected chi connectivity index (χ0v) is 30.6. The number of hydrogen-bond donors (Lipinski definition) is 1. The van der Waals surface area contributed by atoms with Crippen molar-refractivity contribution in [1.29, 1.82) is 10.5 Å². The van der Waals surface area contributed by atoms with Crippen LogP contribution < -0.4 is 19.9 Å². The molecule has 6 rings (SSSR count). The van der Waals surface area contributed by atoms with Crippen LogP contribution in [-0.4, -0.2) is 73.5 Å². The van der Waals surface area contributed by atoms with Crippen molar-refractivity contribution in [1.82, 2.24) is 19.6 Å². The zero-order valence-electron chi connectivity index (χ0n) is 28.8. The van der Waals surface area contributed by atoms with Gasteiger partial charge in [-0.3, -0.25) is 0 Å².